The van der Waals surface area contributed by atoms with Gasteiger partial charge in [0, 0.05) is 30.1 Å². The number of ketones is 1. The van der Waals surface area contributed by atoms with Gasteiger partial charge < -0.3 is 15.4 Å². The fourth-order valence-electron chi connectivity index (χ4n) is 3.10. The fourth-order valence-corrected chi connectivity index (χ4v) is 3.26. The van der Waals surface area contributed by atoms with E-state index in [2.05, 4.69) is 20.6 Å². The number of Topliss-reactive ketones (excluding diaryl/α,β-unsaturated/α-hetero) is 1. The van der Waals surface area contributed by atoms with Crippen molar-refractivity contribution in [1.82, 2.24) is 15.3 Å². The van der Waals surface area contributed by atoms with Crippen molar-refractivity contribution in [1.29, 1.82) is 0 Å². The molecule has 1 amide bonds. The van der Waals surface area contributed by atoms with Crippen molar-refractivity contribution < 1.29 is 18.7 Å². The van der Waals surface area contributed by atoms with E-state index in [4.69, 9.17) is 16.3 Å². The van der Waals surface area contributed by atoms with E-state index in [0.717, 1.165) is 0 Å². The van der Waals surface area contributed by atoms with Crippen molar-refractivity contribution in [3.05, 3.63) is 65.1 Å². The molecule has 1 fully saturated rings. The largest absolute Gasteiger partial charge is 0.454 e. The summed E-state index contributed by atoms with van der Waals surface area (Å²) in [5.74, 6) is 0.266. The number of carbonyl (C=O) groups excluding carboxylic acids is 2. The number of ether oxygens (including phenoxy) is 1. The van der Waals surface area contributed by atoms with Crippen LogP contribution in [0.2, 0.25) is 5.02 Å². The molecule has 0 aliphatic carbocycles. The minimum atomic E-state index is -0.569. The van der Waals surface area contributed by atoms with Gasteiger partial charge in [-0.1, -0.05) is 11.6 Å². The van der Waals surface area contributed by atoms with Gasteiger partial charge in [0.1, 0.15) is 23.3 Å². The van der Waals surface area contributed by atoms with E-state index in [9.17, 15) is 14.0 Å². The highest BCUT2D eigenvalue weighted by Crippen LogP contribution is 2.28. The molecule has 4 rings (SSSR count). The lowest BCUT2D eigenvalue weighted by Crippen LogP contribution is -2.30. The molecule has 1 aliphatic heterocycles. The lowest BCUT2D eigenvalue weighted by atomic mass is 10.2. The Kier molecular flexibility index (Phi) is 5.81. The molecule has 0 spiro atoms. The van der Waals surface area contributed by atoms with E-state index < -0.39 is 11.9 Å². The lowest BCUT2D eigenvalue weighted by Gasteiger charge is -2.13. The van der Waals surface area contributed by atoms with Gasteiger partial charge in [-0.25, -0.2) is 14.4 Å². The summed E-state index contributed by atoms with van der Waals surface area (Å²) in [5.41, 5.74) is 0.861. The van der Waals surface area contributed by atoms with Crippen molar-refractivity contribution >= 4 is 29.1 Å². The molecule has 0 bridgehead atoms. The van der Waals surface area contributed by atoms with Gasteiger partial charge in [-0.3, -0.25) is 9.59 Å². The molecule has 2 N–H and O–H groups in total. The van der Waals surface area contributed by atoms with Crippen LogP contribution in [0, 0.1) is 5.82 Å². The normalized spacial score (nSPS) is 15.5. The molecule has 9 heteroatoms. The van der Waals surface area contributed by atoms with Crippen molar-refractivity contribution in [3.8, 4) is 22.9 Å². The first-order valence-electron chi connectivity index (χ1n) is 9.56. The van der Waals surface area contributed by atoms with Gasteiger partial charge in [-0.2, -0.15) is 0 Å². The standard InChI is InChI=1S/C22H18ClFN4O3/c1-12(29)18-11-20(26-17-8-9-25-22(17)30)28-21(27-18)13-2-5-15(6-3-13)31-19-7-4-14(23)10-16(19)24/h2-7,10-11,17H,8-9H2,1H3,(H,25,30)(H,26,27,28)/t17-/m0/s1. The number of amides is 1. The van der Waals surface area contributed by atoms with E-state index in [1.54, 1.807) is 24.3 Å². The van der Waals surface area contributed by atoms with Crippen molar-refractivity contribution in [2.45, 2.75) is 19.4 Å². The first kappa shape index (κ1) is 20.7. The molecular weight excluding hydrogens is 423 g/mol. The number of benzene rings is 2. The Balaban J connectivity index is 1.59. The third-order valence-electron chi connectivity index (χ3n) is 4.69. The molecular formula is C22H18ClFN4O3. The number of rotatable bonds is 6. The first-order chi connectivity index (χ1) is 14.9. The summed E-state index contributed by atoms with van der Waals surface area (Å²) < 4.78 is 19.5. The maximum Gasteiger partial charge on any atom is 0.242 e. The smallest absolute Gasteiger partial charge is 0.242 e. The molecule has 1 atom stereocenters. The van der Waals surface area contributed by atoms with Crippen LogP contribution in [0.25, 0.3) is 11.4 Å². The molecule has 0 saturated carbocycles. The molecule has 1 aliphatic rings. The number of halogens is 2. The van der Waals surface area contributed by atoms with Gasteiger partial charge in [-0.15, -0.1) is 0 Å². The van der Waals surface area contributed by atoms with Gasteiger partial charge >= 0.3 is 0 Å². The highest BCUT2D eigenvalue weighted by Gasteiger charge is 2.24. The van der Waals surface area contributed by atoms with Gasteiger partial charge in [-0.05, 0) is 48.9 Å². The summed E-state index contributed by atoms with van der Waals surface area (Å²) in [4.78, 5) is 32.6. The average molecular weight is 441 g/mol. The third kappa shape index (κ3) is 4.80. The van der Waals surface area contributed by atoms with E-state index >= 15 is 0 Å². The fraction of sp³-hybridized carbons (Fsp3) is 0.182. The van der Waals surface area contributed by atoms with Gasteiger partial charge in [0.05, 0.1) is 0 Å². The van der Waals surface area contributed by atoms with E-state index in [1.165, 1.54) is 31.2 Å². The second-order valence-corrected chi connectivity index (χ2v) is 7.43. The second kappa shape index (κ2) is 8.69. The average Bonchev–Trinajstić information content (AvgIpc) is 3.14. The van der Waals surface area contributed by atoms with Crippen LogP contribution >= 0.6 is 11.6 Å². The molecule has 31 heavy (non-hydrogen) atoms. The number of hydrogen-bond acceptors (Lipinski definition) is 6. The SMILES string of the molecule is CC(=O)c1cc(N[C@H]2CCNC2=O)nc(-c2ccc(Oc3ccc(Cl)cc3F)cc2)n1. The van der Waals surface area contributed by atoms with Gasteiger partial charge in [0.25, 0.3) is 0 Å². The molecule has 2 heterocycles. The van der Waals surface area contributed by atoms with Crippen molar-refractivity contribution in [2.24, 2.45) is 0 Å². The van der Waals surface area contributed by atoms with Crippen molar-refractivity contribution in [3.63, 3.8) is 0 Å². The summed E-state index contributed by atoms with van der Waals surface area (Å²) in [7, 11) is 0. The van der Waals surface area contributed by atoms with Crippen LogP contribution in [0.4, 0.5) is 10.2 Å². The third-order valence-corrected chi connectivity index (χ3v) is 4.93. The molecule has 2 aromatic carbocycles. The molecule has 0 radical (unpaired) electrons. The van der Waals surface area contributed by atoms with Crippen LogP contribution in [-0.4, -0.2) is 34.2 Å². The van der Waals surface area contributed by atoms with Crippen LogP contribution in [0.1, 0.15) is 23.8 Å². The zero-order valence-corrected chi connectivity index (χ0v) is 17.2. The predicted octanol–water partition coefficient (Wildman–Crippen LogP) is 4.23. The first-order valence-corrected chi connectivity index (χ1v) is 9.94. The van der Waals surface area contributed by atoms with Crippen LogP contribution in [0.15, 0.2) is 48.5 Å². The van der Waals surface area contributed by atoms with Crippen molar-refractivity contribution in [2.75, 3.05) is 11.9 Å². The van der Waals surface area contributed by atoms with E-state index in [-0.39, 0.29) is 28.2 Å². The quantitative estimate of drug-likeness (QED) is 0.557. The lowest BCUT2D eigenvalue weighted by molar-refractivity contribution is -0.119. The Morgan fingerprint density at radius 1 is 1.19 bits per heavy atom. The highest BCUT2D eigenvalue weighted by atomic mass is 35.5. The molecule has 1 aromatic heterocycles. The van der Waals surface area contributed by atoms with E-state index in [0.29, 0.717) is 35.9 Å². The summed E-state index contributed by atoms with van der Waals surface area (Å²) in [5, 5.41) is 6.09. The van der Waals surface area contributed by atoms with Crippen LogP contribution in [0.3, 0.4) is 0 Å². The number of anilines is 1. The Hall–Kier alpha value is -3.52. The monoisotopic (exact) mass is 440 g/mol. The minimum absolute atomic E-state index is 0.0494. The summed E-state index contributed by atoms with van der Waals surface area (Å²) in [6.45, 7) is 2.00. The zero-order valence-electron chi connectivity index (χ0n) is 16.5. The molecule has 3 aromatic rings. The number of carbonyl (C=O) groups is 2. The molecule has 0 unspecified atom stereocenters. The van der Waals surface area contributed by atoms with Crippen LogP contribution in [-0.2, 0) is 4.79 Å². The maximum atomic E-state index is 13.9. The highest BCUT2D eigenvalue weighted by molar-refractivity contribution is 6.30. The molecule has 158 valence electrons. The van der Waals surface area contributed by atoms with Gasteiger partial charge in [0.2, 0.25) is 5.91 Å². The van der Waals surface area contributed by atoms with Gasteiger partial charge in [0.15, 0.2) is 23.2 Å². The molecule has 1 saturated heterocycles. The number of nitrogens with zero attached hydrogens (tertiary/aromatic N) is 2. The Bertz CT molecular complexity index is 1150. The summed E-state index contributed by atoms with van der Waals surface area (Å²) in [6.07, 6.45) is 0.626. The number of nitrogens with one attached hydrogen (secondary N) is 2. The van der Waals surface area contributed by atoms with Crippen LogP contribution in [0.5, 0.6) is 11.5 Å². The Labute approximate surface area is 182 Å². The number of aromatic nitrogens is 2. The topological polar surface area (TPSA) is 93.2 Å². The van der Waals surface area contributed by atoms with E-state index in [1.807, 2.05) is 0 Å². The Morgan fingerprint density at radius 3 is 2.61 bits per heavy atom. The number of hydrogen-bond donors (Lipinski definition) is 2. The van der Waals surface area contributed by atoms with Crippen LogP contribution < -0.4 is 15.4 Å². The zero-order chi connectivity index (χ0) is 22.0. The predicted molar refractivity (Wildman–Crippen MR) is 114 cm³/mol. The summed E-state index contributed by atoms with van der Waals surface area (Å²) in [6, 6.07) is 12.0. The Morgan fingerprint density at radius 2 is 1.97 bits per heavy atom. The summed E-state index contributed by atoms with van der Waals surface area (Å²) >= 11 is 5.76. The second-order valence-electron chi connectivity index (χ2n) is 7.00. The maximum absolute atomic E-state index is 13.9. The minimum Gasteiger partial charge on any atom is -0.454 e. The molecule has 7 nitrogen and oxygen atoms in total.